The summed E-state index contributed by atoms with van der Waals surface area (Å²) in [7, 11) is 0. The zero-order valence-corrected chi connectivity index (χ0v) is 9.86. The topological polar surface area (TPSA) is 70.7 Å². The molecule has 0 unspecified atom stereocenters. The van der Waals surface area contributed by atoms with Gasteiger partial charge in [0.1, 0.15) is 0 Å². The second-order valence-corrected chi connectivity index (χ2v) is 3.73. The highest BCUT2D eigenvalue weighted by atomic mass is 16.3. The first-order valence-electron chi connectivity index (χ1n) is 5.56. The number of aliphatic hydroxyl groups excluding tert-OH is 1. The van der Waals surface area contributed by atoms with Crippen LogP contribution in [0.25, 0.3) is 5.52 Å². The van der Waals surface area contributed by atoms with Gasteiger partial charge in [0.05, 0.1) is 30.1 Å². The molecule has 0 atom stereocenters. The van der Waals surface area contributed by atoms with Crippen LogP contribution in [0, 0.1) is 0 Å². The lowest BCUT2D eigenvalue weighted by molar-refractivity contribution is 0.0744. The number of nitrogens with zero attached hydrogens (tertiary/aromatic N) is 4. The molecule has 0 aromatic carbocycles. The van der Waals surface area contributed by atoms with Crippen molar-refractivity contribution < 1.29 is 9.90 Å². The van der Waals surface area contributed by atoms with Gasteiger partial charge in [-0.3, -0.25) is 9.78 Å². The van der Waals surface area contributed by atoms with E-state index in [-0.39, 0.29) is 19.1 Å². The summed E-state index contributed by atoms with van der Waals surface area (Å²) < 4.78 is 1.59. The van der Waals surface area contributed by atoms with Gasteiger partial charge in [-0.05, 0) is 0 Å². The largest absolute Gasteiger partial charge is 0.395 e. The van der Waals surface area contributed by atoms with Crippen LogP contribution in [0.1, 0.15) is 10.4 Å². The van der Waals surface area contributed by atoms with Crippen molar-refractivity contribution in [2.24, 2.45) is 0 Å². The summed E-state index contributed by atoms with van der Waals surface area (Å²) >= 11 is 0. The number of fused-ring (bicyclic) bond motifs is 1. The van der Waals surface area contributed by atoms with E-state index < -0.39 is 0 Å². The lowest BCUT2D eigenvalue weighted by Gasteiger charge is -2.19. The Bertz CT molecular complexity index is 564. The first kappa shape index (κ1) is 12.3. The molecule has 0 spiro atoms. The Balaban J connectivity index is 2.34. The quantitative estimate of drug-likeness (QED) is 0.773. The fourth-order valence-corrected chi connectivity index (χ4v) is 1.72. The van der Waals surface area contributed by atoms with Crippen molar-refractivity contribution in [3.63, 3.8) is 0 Å². The fourth-order valence-electron chi connectivity index (χ4n) is 1.72. The van der Waals surface area contributed by atoms with Crippen molar-refractivity contribution in [1.29, 1.82) is 0 Å². The smallest absolute Gasteiger partial charge is 0.258 e. The molecule has 0 aliphatic rings. The number of hydrogen-bond donors (Lipinski definition) is 1. The van der Waals surface area contributed by atoms with Gasteiger partial charge in [0.15, 0.2) is 0 Å². The zero-order valence-electron chi connectivity index (χ0n) is 9.86. The van der Waals surface area contributed by atoms with Gasteiger partial charge in [0, 0.05) is 25.5 Å². The summed E-state index contributed by atoms with van der Waals surface area (Å²) in [6, 6.07) is 0. The summed E-state index contributed by atoms with van der Waals surface area (Å²) in [5.74, 6) is -0.188. The maximum absolute atomic E-state index is 12.3. The highest BCUT2D eigenvalue weighted by molar-refractivity contribution is 6.00. The molecule has 2 rings (SSSR count). The van der Waals surface area contributed by atoms with E-state index in [2.05, 4.69) is 16.7 Å². The molecule has 6 nitrogen and oxygen atoms in total. The lowest BCUT2D eigenvalue weighted by atomic mass is 10.2. The van der Waals surface area contributed by atoms with Gasteiger partial charge in [-0.1, -0.05) is 6.08 Å². The molecule has 0 aliphatic heterocycles. The molecule has 0 bridgehead atoms. The van der Waals surface area contributed by atoms with Crippen LogP contribution in [0.15, 0.2) is 37.4 Å². The molecule has 0 aliphatic carbocycles. The number of carbonyl (C=O) groups excluding carboxylic acids is 1. The van der Waals surface area contributed by atoms with Crippen molar-refractivity contribution in [1.82, 2.24) is 19.5 Å². The summed E-state index contributed by atoms with van der Waals surface area (Å²) in [6.07, 6.45) is 8.00. The summed E-state index contributed by atoms with van der Waals surface area (Å²) in [5.41, 5.74) is 1.12. The molecule has 1 amide bonds. The number of aliphatic hydroxyl groups is 1. The van der Waals surface area contributed by atoms with Crippen LogP contribution in [0.2, 0.25) is 0 Å². The van der Waals surface area contributed by atoms with E-state index in [1.54, 1.807) is 29.2 Å². The molecule has 1 N–H and O–H groups in total. The minimum absolute atomic E-state index is 0.0863. The minimum Gasteiger partial charge on any atom is -0.395 e. The highest BCUT2D eigenvalue weighted by Crippen LogP contribution is 2.11. The van der Waals surface area contributed by atoms with E-state index >= 15 is 0 Å². The van der Waals surface area contributed by atoms with Crippen LogP contribution in [-0.4, -0.2) is 50.2 Å². The molecule has 0 saturated carbocycles. The zero-order chi connectivity index (χ0) is 13.0. The Labute approximate surface area is 104 Å². The third-order valence-electron chi connectivity index (χ3n) is 2.56. The van der Waals surface area contributed by atoms with Crippen molar-refractivity contribution in [2.45, 2.75) is 0 Å². The van der Waals surface area contributed by atoms with Crippen molar-refractivity contribution in [2.75, 3.05) is 19.7 Å². The van der Waals surface area contributed by atoms with Crippen molar-refractivity contribution in [3.05, 3.63) is 43.0 Å². The Hall–Kier alpha value is -2.21. The first-order chi connectivity index (χ1) is 8.77. The van der Waals surface area contributed by atoms with Gasteiger partial charge in [0.2, 0.25) is 0 Å². The van der Waals surface area contributed by atoms with Crippen LogP contribution in [0.3, 0.4) is 0 Å². The van der Waals surface area contributed by atoms with E-state index in [1.165, 1.54) is 11.1 Å². The summed E-state index contributed by atoms with van der Waals surface area (Å²) in [5, 5.41) is 13.0. The molecule has 6 heteroatoms. The van der Waals surface area contributed by atoms with Crippen LogP contribution in [0.5, 0.6) is 0 Å². The van der Waals surface area contributed by atoms with E-state index in [0.29, 0.717) is 17.6 Å². The second kappa shape index (κ2) is 5.42. The third-order valence-corrected chi connectivity index (χ3v) is 2.56. The Kier molecular flexibility index (Phi) is 3.69. The van der Waals surface area contributed by atoms with Crippen molar-refractivity contribution >= 4 is 11.4 Å². The predicted octanol–water partition coefficient (Wildman–Crippen LogP) is 0.350. The monoisotopic (exact) mass is 246 g/mol. The number of aromatic nitrogens is 3. The Morgan fingerprint density at radius 2 is 2.39 bits per heavy atom. The molecule has 2 aromatic rings. The highest BCUT2D eigenvalue weighted by Gasteiger charge is 2.18. The van der Waals surface area contributed by atoms with Crippen LogP contribution in [0.4, 0.5) is 0 Å². The number of hydrogen-bond acceptors (Lipinski definition) is 4. The normalized spacial score (nSPS) is 10.5. The fraction of sp³-hybridized carbons (Fsp3) is 0.250. The van der Waals surface area contributed by atoms with E-state index in [1.807, 2.05) is 0 Å². The van der Waals surface area contributed by atoms with Gasteiger partial charge in [0.25, 0.3) is 5.91 Å². The van der Waals surface area contributed by atoms with Gasteiger partial charge >= 0.3 is 0 Å². The molecule has 0 saturated heterocycles. The molecule has 2 aromatic heterocycles. The standard InChI is InChI=1S/C12H14N4O2/c1-2-4-15(6-7-17)12(18)10-8-14-16-5-3-13-9-11(10)16/h2-3,5,8-9,17H,1,4,6-7H2. The second-order valence-electron chi connectivity index (χ2n) is 3.73. The van der Waals surface area contributed by atoms with Crippen LogP contribution >= 0.6 is 0 Å². The molecule has 2 heterocycles. The predicted molar refractivity (Wildman–Crippen MR) is 66.2 cm³/mol. The third kappa shape index (κ3) is 2.23. The molecular formula is C12H14N4O2. The molecule has 0 radical (unpaired) electrons. The number of rotatable bonds is 5. The van der Waals surface area contributed by atoms with Crippen LogP contribution < -0.4 is 0 Å². The van der Waals surface area contributed by atoms with Gasteiger partial charge < -0.3 is 10.0 Å². The minimum atomic E-state index is -0.188. The Morgan fingerprint density at radius 3 is 3.11 bits per heavy atom. The average molecular weight is 246 g/mol. The summed E-state index contributed by atoms with van der Waals surface area (Å²) in [6.45, 7) is 4.17. The van der Waals surface area contributed by atoms with Gasteiger partial charge in [-0.2, -0.15) is 5.10 Å². The van der Waals surface area contributed by atoms with E-state index in [0.717, 1.165) is 0 Å². The lowest BCUT2D eigenvalue weighted by Crippen LogP contribution is -2.33. The van der Waals surface area contributed by atoms with Crippen molar-refractivity contribution in [3.8, 4) is 0 Å². The molecule has 18 heavy (non-hydrogen) atoms. The molecule has 0 fully saturated rings. The summed E-state index contributed by atoms with van der Waals surface area (Å²) in [4.78, 5) is 17.8. The number of amides is 1. The maximum Gasteiger partial charge on any atom is 0.258 e. The first-order valence-corrected chi connectivity index (χ1v) is 5.56. The Morgan fingerprint density at radius 1 is 1.56 bits per heavy atom. The number of carbonyl (C=O) groups is 1. The SMILES string of the molecule is C=CCN(CCO)C(=O)c1cnn2ccncc12. The molecular weight excluding hydrogens is 232 g/mol. The maximum atomic E-state index is 12.3. The van der Waals surface area contributed by atoms with Crippen LogP contribution in [-0.2, 0) is 0 Å². The average Bonchev–Trinajstić information content (AvgIpc) is 2.81. The van der Waals surface area contributed by atoms with E-state index in [4.69, 9.17) is 5.11 Å². The molecule has 94 valence electrons. The van der Waals surface area contributed by atoms with Gasteiger partial charge in [-0.15, -0.1) is 6.58 Å². The van der Waals surface area contributed by atoms with E-state index in [9.17, 15) is 4.79 Å². The van der Waals surface area contributed by atoms with Gasteiger partial charge in [-0.25, -0.2) is 4.52 Å².